The molecule has 0 bridgehead atoms. The van der Waals surface area contributed by atoms with Gasteiger partial charge < -0.3 is 9.47 Å². The highest BCUT2D eigenvalue weighted by Gasteiger charge is 2.63. The van der Waals surface area contributed by atoms with Crippen LogP contribution in [0.2, 0.25) is 0 Å². The monoisotopic (exact) mass is 676 g/mol. The van der Waals surface area contributed by atoms with Gasteiger partial charge in [-0.1, -0.05) is 97.1 Å². The van der Waals surface area contributed by atoms with E-state index < -0.39 is 17.0 Å². The molecule has 168 valence electrons. The third-order valence-corrected chi connectivity index (χ3v) is 9.90. The summed E-state index contributed by atoms with van der Waals surface area (Å²) in [5.41, 5.74) is 8.28. The van der Waals surface area contributed by atoms with E-state index in [9.17, 15) is 0 Å². The van der Waals surface area contributed by atoms with Crippen LogP contribution in [0.4, 0.5) is 0 Å². The minimum Gasteiger partial charge on any atom is -0.321 e. The predicted molar refractivity (Wildman–Crippen MR) is 154 cm³/mol. The van der Waals surface area contributed by atoms with Gasteiger partial charge in [-0.3, -0.25) is 0 Å². The molecule has 0 unspecified atom stereocenters. The van der Waals surface area contributed by atoms with Crippen molar-refractivity contribution < 1.29 is 9.47 Å². The second-order valence-electron chi connectivity index (χ2n) is 9.45. The highest BCUT2D eigenvalue weighted by Crippen LogP contribution is 2.66. The lowest BCUT2D eigenvalue weighted by atomic mass is 9.92. The van der Waals surface area contributed by atoms with Gasteiger partial charge in [0, 0.05) is 29.4 Å². The Morgan fingerprint density at radius 3 is 1.03 bits per heavy atom. The lowest BCUT2D eigenvalue weighted by Crippen LogP contribution is -2.39. The zero-order valence-corrected chi connectivity index (χ0v) is 22.8. The smallest absolute Gasteiger partial charge is 0.213 e. The molecule has 0 N–H and O–H groups in total. The van der Waals surface area contributed by atoms with Crippen molar-refractivity contribution in [1.29, 1.82) is 0 Å². The molecule has 2 aliphatic carbocycles. The van der Waals surface area contributed by atoms with Crippen LogP contribution >= 0.6 is 45.2 Å². The van der Waals surface area contributed by atoms with Crippen molar-refractivity contribution in [2.45, 2.75) is 17.0 Å². The average molecular weight is 676 g/mol. The third-order valence-electron chi connectivity index (χ3n) is 7.76. The molecule has 3 spiro atoms. The minimum absolute atomic E-state index is 0.676. The van der Waals surface area contributed by atoms with E-state index in [1.165, 1.54) is 44.5 Å². The van der Waals surface area contributed by atoms with Gasteiger partial charge in [-0.2, -0.15) is 0 Å². The molecular weight excluding hydrogens is 658 g/mol. The summed E-state index contributed by atoms with van der Waals surface area (Å²) in [6.07, 6.45) is 4.37. The van der Waals surface area contributed by atoms with Gasteiger partial charge in [0.2, 0.25) is 5.79 Å². The SMILES string of the molecule is IC1=CC2(C=C(I)C3(O2)c2ccccc2-c2ccccc23)OC12c1ccccc1-c1ccccc12. The number of hydrogen-bond acceptors (Lipinski definition) is 2. The molecule has 0 saturated carbocycles. The molecule has 4 aromatic rings. The zero-order chi connectivity index (χ0) is 23.4. The number of ether oxygens (including phenoxy) is 2. The summed E-state index contributed by atoms with van der Waals surface area (Å²) in [4.78, 5) is 0. The molecule has 2 heterocycles. The molecule has 0 atom stereocenters. The normalized spacial score (nSPS) is 20.5. The first-order valence-electron chi connectivity index (χ1n) is 11.7. The van der Waals surface area contributed by atoms with Crippen molar-refractivity contribution in [1.82, 2.24) is 0 Å². The molecule has 35 heavy (non-hydrogen) atoms. The van der Waals surface area contributed by atoms with E-state index in [-0.39, 0.29) is 0 Å². The molecule has 0 saturated heterocycles. The average Bonchev–Trinajstić information content (AvgIpc) is 3.54. The molecule has 0 amide bonds. The summed E-state index contributed by atoms with van der Waals surface area (Å²) >= 11 is 4.93. The third kappa shape index (κ3) is 2.42. The second kappa shape index (κ2) is 6.94. The fourth-order valence-electron chi connectivity index (χ4n) is 6.44. The van der Waals surface area contributed by atoms with E-state index in [1.807, 2.05) is 0 Å². The molecule has 2 aliphatic heterocycles. The Kier molecular flexibility index (Phi) is 4.14. The maximum atomic E-state index is 7.21. The minimum atomic E-state index is -0.970. The Balaban J connectivity index is 1.34. The zero-order valence-electron chi connectivity index (χ0n) is 18.5. The van der Waals surface area contributed by atoms with Gasteiger partial charge in [0.15, 0.2) is 11.2 Å². The molecule has 4 heteroatoms. The van der Waals surface area contributed by atoms with Gasteiger partial charge in [0.1, 0.15) is 0 Å². The first-order valence-corrected chi connectivity index (χ1v) is 13.8. The van der Waals surface area contributed by atoms with Crippen molar-refractivity contribution in [3.05, 3.63) is 139 Å². The Hall–Kier alpha value is -2.26. The van der Waals surface area contributed by atoms with Crippen LogP contribution in [0.25, 0.3) is 22.3 Å². The molecule has 0 aromatic heterocycles. The largest absolute Gasteiger partial charge is 0.321 e. The molecule has 8 rings (SSSR count). The summed E-state index contributed by atoms with van der Waals surface area (Å²) in [6, 6.07) is 34.4. The summed E-state index contributed by atoms with van der Waals surface area (Å²) in [7, 11) is 0. The van der Waals surface area contributed by atoms with Crippen LogP contribution in [0, 0.1) is 0 Å². The van der Waals surface area contributed by atoms with E-state index in [1.54, 1.807) is 0 Å². The number of fused-ring (bicyclic) bond motifs is 10. The van der Waals surface area contributed by atoms with Crippen LogP contribution in [-0.4, -0.2) is 5.79 Å². The number of benzene rings is 4. The summed E-state index contributed by atoms with van der Waals surface area (Å²) in [5, 5.41) is 0. The van der Waals surface area contributed by atoms with E-state index in [0.717, 1.165) is 7.16 Å². The van der Waals surface area contributed by atoms with Gasteiger partial charge in [0.05, 0.1) is 0 Å². The van der Waals surface area contributed by atoms with Crippen LogP contribution in [0.5, 0.6) is 0 Å². The van der Waals surface area contributed by atoms with E-state index in [2.05, 4.69) is 154 Å². The molecule has 2 nitrogen and oxygen atoms in total. The second-order valence-corrected chi connectivity index (χ2v) is 11.8. The van der Waals surface area contributed by atoms with Crippen molar-refractivity contribution >= 4 is 45.2 Å². The van der Waals surface area contributed by atoms with Crippen LogP contribution in [0.15, 0.2) is 116 Å². The summed E-state index contributed by atoms with van der Waals surface area (Å²) < 4.78 is 16.7. The standard InChI is InChI=1S/C31H18I2O2/c32-27-17-29(34-30(27)23-13-5-1-9-19(23)20-10-2-6-14-24(20)30)18-28(33)31(35-29)25-15-7-3-11-21(25)22-12-4-8-16-26(22)31/h1-18H. The molecule has 0 fully saturated rings. The Morgan fingerprint density at radius 1 is 0.429 bits per heavy atom. The number of hydrogen-bond donors (Lipinski definition) is 0. The molecule has 4 aliphatic rings. The fourth-order valence-corrected chi connectivity index (χ4v) is 8.69. The van der Waals surface area contributed by atoms with Crippen LogP contribution in [0.3, 0.4) is 0 Å². The van der Waals surface area contributed by atoms with E-state index in [0.29, 0.717) is 0 Å². The first-order chi connectivity index (χ1) is 17.1. The highest BCUT2D eigenvalue weighted by molar-refractivity contribution is 14.1. The molecule has 4 aromatic carbocycles. The Morgan fingerprint density at radius 2 is 0.714 bits per heavy atom. The van der Waals surface area contributed by atoms with Crippen LogP contribution in [0.1, 0.15) is 22.3 Å². The molecular formula is C31H18I2O2. The quantitative estimate of drug-likeness (QED) is 0.175. The van der Waals surface area contributed by atoms with Gasteiger partial charge in [-0.25, -0.2) is 0 Å². The highest BCUT2D eigenvalue weighted by atomic mass is 127. The summed E-state index contributed by atoms with van der Waals surface area (Å²) in [5.74, 6) is -0.970. The Bertz CT molecular complexity index is 1430. The maximum absolute atomic E-state index is 7.21. The lowest BCUT2D eigenvalue weighted by molar-refractivity contribution is -0.222. The summed E-state index contributed by atoms with van der Waals surface area (Å²) in [6.45, 7) is 0. The van der Waals surface area contributed by atoms with Crippen molar-refractivity contribution in [2.75, 3.05) is 0 Å². The molecule has 0 radical (unpaired) electrons. The van der Waals surface area contributed by atoms with Gasteiger partial charge in [-0.05, 0) is 79.6 Å². The van der Waals surface area contributed by atoms with E-state index >= 15 is 0 Å². The maximum Gasteiger partial charge on any atom is 0.213 e. The number of rotatable bonds is 0. The first kappa shape index (κ1) is 20.9. The van der Waals surface area contributed by atoms with Crippen molar-refractivity contribution in [3.8, 4) is 22.3 Å². The predicted octanol–water partition coefficient (Wildman–Crippen LogP) is 8.23. The van der Waals surface area contributed by atoms with Crippen molar-refractivity contribution in [2.24, 2.45) is 0 Å². The van der Waals surface area contributed by atoms with Gasteiger partial charge in [-0.15, -0.1) is 0 Å². The van der Waals surface area contributed by atoms with Crippen LogP contribution < -0.4 is 0 Å². The number of halogens is 2. The lowest BCUT2D eigenvalue weighted by Gasteiger charge is -2.35. The van der Waals surface area contributed by atoms with Gasteiger partial charge >= 0.3 is 0 Å². The van der Waals surface area contributed by atoms with Crippen LogP contribution in [-0.2, 0) is 20.7 Å². The van der Waals surface area contributed by atoms with Crippen molar-refractivity contribution in [3.63, 3.8) is 0 Å². The Labute approximate surface area is 231 Å². The van der Waals surface area contributed by atoms with Gasteiger partial charge in [0.25, 0.3) is 0 Å². The topological polar surface area (TPSA) is 18.5 Å². The fraction of sp³-hybridized carbons (Fsp3) is 0.0968. The van der Waals surface area contributed by atoms with E-state index in [4.69, 9.17) is 9.47 Å².